The molecule has 3 N–H and O–H groups in total. The molecule has 6 heteroatoms. The van der Waals surface area contributed by atoms with Crippen molar-refractivity contribution in [2.75, 3.05) is 37.7 Å². The van der Waals surface area contributed by atoms with E-state index in [4.69, 9.17) is 10.5 Å². The number of nitrogens with one attached hydrogen (secondary N) is 1. The molecule has 5 nitrogen and oxygen atoms in total. The van der Waals surface area contributed by atoms with Crippen molar-refractivity contribution in [2.45, 2.75) is 62.7 Å². The minimum atomic E-state index is -0.291. The lowest BCUT2D eigenvalue weighted by atomic mass is 9.80. The summed E-state index contributed by atoms with van der Waals surface area (Å²) < 4.78 is 5.74. The van der Waals surface area contributed by atoms with Crippen LogP contribution in [0.5, 0.6) is 0 Å². The maximum atomic E-state index is 12.5. The summed E-state index contributed by atoms with van der Waals surface area (Å²) in [7, 11) is 0. The standard InChI is InChI=1S/C17H31N3O2S/c18-12-14-4-5-15(22-14)16(21)19-13-17(6-2-1-3-7-17)20-8-10-23-11-9-20/h14-15H,1-13,18H2,(H,19,21)/t14-,15+/m1/s1. The van der Waals surface area contributed by atoms with Gasteiger partial charge in [0.1, 0.15) is 6.10 Å². The van der Waals surface area contributed by atoms with Gasteiger partial charge in [-0.05, 0) is 25.7 Å². The third kappa shape index (κ3) is 4.21. The highest BCUT2D eigenvalue weighted by molar-refractivity contribution is 7.99. The number of carbonyl (C=O) groups is 1. The Balaban J connectivity index is 1.57. The van der Waals surface area contributed by atoms with Crippen LogP contribution in [0.3, 0.4) is 0 Å². The Hall–Kier alpha value is -0.300. The van der Waals surface area contributed by atoms with E-state index in [-0.39, 0.29) is 23.7 Å². The van der Waals surface area contributed by atoms with E-state index in [0.717, 1.165) is 32.5 Å². The van der Waals surface area contributed by atoms with E-state index in [1.54, 1.807) is 0 Å². The second-order valence-electron chi connectivity index (χ2n) is 7.16. The molecule has 1 aliphatic carbocycles. The van der Waals surface area contributed by atoms with Gasteiger partial charge in [0.15, 0.2) is 0 Å². The summed E-state index contributed by atoms with van der Waals surface area (Å²) >= 11 is 2.05. The zero-order chi connectivity index (χ0) is 16.1. The Kier molecular flexibility index (Phi) is 6.24. The van der Waals surface area contributed by atoms with Crippen LogP contribution in [0.2, 0.25) is 0 Å². The van der Waals surface area contributed by atoms with E-state index < -0.39 is 0 Å². The number of rotatable bonds is 5. The molecule has 0 spiro atoms. The van der Waals surface area contributed by atoms with Crippen LogP contribution in [0, 0.1) is 0 Å². The number of nitrogens with zero attached hydrogens (tertiary/aromatic N) is 1. The molecule has 2 aliphatic heterocycles. The largest absolute Gasteiger partial charge is 0.364 e. The Bertz CT molecular complexity index is 395. The smallest absolute Gasteiger partial charge is 0.249 e. The summed E-state index contributed by atoms with van der Waals surface area (Å²) in [4.78, 5) is 15.1. The van der Waals surface area contributed by atoms with Crippen molar-refractivity contribution in [2.24, 2.45) is 5.73 Å². The van der Waals surface area contributed by atoms with Gasteiger partial charge in [0.05, 0.1) is 6.10 Å². The third-order valence-corrected chi connectivity index (χ3v) is 6.66. The van der Waals surface area contributed by atoms with Crippen molar-refractivity contribution in [1.29, 1.82) is 0 Å². The van der Waals surface area contributed by atoms with Crippen LogP contribution in [0.4, 0.5) is 0 Å². The molecular weight excluding hydrogens is 310 g/mol. The summed E-state index contributed by atoms with van der Waals surface area (Å²) in [6, 6.07) is 0. The van der Waals surface area contributed by atoms with Crippen LogP contribution >= 0.6 is 11.8 Å². The second-order valence-corrected chi connectivity index (χ2v) is 8.39. The van der Waals surface area contributed by atoms with E-state index in [9.17, 15) is 4.79 Å². The summed E-state index contributed by atoms with van der Waals surface area (Å²) in [5, 5.41) is 3.22. The lowest BCUT2D eigenvalue weighted by Crippen LogP contribution is -2.59. The molecule has 0 radical (unpaired) electrons. The lowest BCUT2D eigenvalue weighted by molar-refractivity contribution is -0.132. The third-order valence-electron chi connectivity index (χ3n) is 5.72. The van der Waals surface area contributed by atoms with Crippen LogP contribution in [0.1, 0.15) is 44.9 Å². The average molecular weight is 342 g/mol. The van der Waals surface area contributed by atoms with E-state index in [1.807, 2.05) is 11.8 Å². The predicted molar refractivity (Wildman–Crippen MR) is 94.7 cm³/mol. The van der Waals surface area contributed by atoms with Crippen LogP contribution < -0.4 is 11.1 Å². The van der Waals surface area contributed by atoms with Crippen molar-refractivity contribution in [1.82, 2.24) is 10.2 Å². The fraction of sp³-hybridized carbons (Fsp3) is 0.941. The van der Waals surface area contributed by atoms with E-state index >= 15 is 0 Å². The summed E-state index contributed by atoms with van der Waals surface area (Å²) in [6.45, 7) is 3.62. The van der Waals surface area contributed by atoms with Gasteiger partial charge < -0.3 is 15.8 Å². The van der Waals surface area contributed by atoms with Crippen molar-refractivity contribution in [3.8, 4) is 0 Å². The molecule has 0 bridgehead atoms. The number of thioether (sulfide) groups is 1. The van der Waals surface area contributed by atoms with E-state index in [1.165, 1.54) is 43.6 Å². The van der Waals surface area contributed by atoms with Crippen LogP contribution in [0.25, 0.3) is 0 Å². The van der Waals surface area contributed by atoms with Crippen LogP contribution in [0.15, 0.2) is 0 Å². The molecule has 1 amide bonds. The molecule has 3 rings (SSSR count). The first kappa shape index (κ1) is 17.5. The molecule has 0 aromatic heterocycles. The van der Waals surface area contributed by atoms with E-state index in [2.05, 4.69) is 10.2 Å². The highest BCUT2D eigenvalue weighted by atomic mass is 32.2. The Labute approximate surface area is 144 Å². The van der Waals surface area contributed by atoms with Crippen molar-refractivity contribution >= 4 is 17.7 Å². The fourth-order valence-electron chi connectivity index (χ4n) is 4.29. The molecule has 2 heterocycles. The van der Waals surface area contributed by atoms with Gasteiger partial charge in [-0.25, -0.2) is 0 Å². The Morgan fingerprint density at radius 2 is 1.96 bits per heavy atom. The molecule has 3 fully saturated rings. The first-order valence-corrected chi connectivity index (χ1v) is 10.3. The van der Waals surface area contributed by atoms with Crippen molar-refractivity contribution < 1.29 is 9.53 Å². The number of nitrogens with two attached hydrogens (primary N) is 1. The Morgan fingerprint density at radius 1 is 1.22 bits per heavy atom. The fourth-order valence-corrected chi connectivity index (χ4v) is 5.19. The number of carbonyl (C=O) groups excluding carboxylic acids is 1. The molecule has 0 aromatic carbocycles. The molecular formula is C17H31N3O2S. The van der Waals surface area contributed by atoms with Crippen LogP contribution in [-0.2, 0) is 9.53 Å². The molecule has 132 valence electrons. The monoisotopic (exact) mass is 341 g/mol. The summed E-state index contributed by atoms with van der Waals surface area (Å²) in [5.74, 6) is 2.51. The first-order chi connectivity index (χ1) is 11.2. The topological polar surface area (TPSA) is 67.6 Å². The minimum absolute atomic E-state index is 0.0634. The number of amides is 1. The summed E-state index contributed by atoms with van der Waals surface area (Å²) in [6.07, 6.45) is 7.83. The van der Waals surface area contributed by atoms with Gasteiger partial charge in [0.25, 0.3) is 0 Å². The van der Waals surface area contributed by atoms with Gasteiger partial charge in [0, 0.05) is 43.2 Å². The van der Waals surface area contributed by atoms with Gasteiger partial charge in [-0.1, -0.05) is 19.3 Å². The number of ether oxygens (including phenoxy) is 1. The molecule has 2 saturated heterocycles. The van der Waals surface area contributed by atoms with Gasteiger partial charge in [-0.3, -0.25) is 9.69 Å². The van der Waals surface area contributed by atoms with Gasteiger partial charge in [-0.15, -0.1) is 0 Å². The first-order valence-electron chi connectivity index (χ1n) is 9.19. The number of hydrogen-bond acceptors (Lipinski definition) is 5. The van der Waals surface area contributed by atoms with E-state index in [0.29, 0.717) is 6.54 Å². The molecule has 1 saturated carbocycles. The molecule has 23 heavy (non-hydrogen) atoms. The van der Waals surface area contributed by atoms with Gasteiger partial charge in [-0.2, -0.15) is 11.8 Å². The van der Waals surface area contributed by atoms with Crippen molar-refractivity contribution in [3.63, 3.8) is 0 Å². The molecule has 3 aliphatic rings. The average Bonchev–Trinajstić information content (AvgIpc) is 3.10. The SMILES string of the molecule is NC[C@H]1CC[C@@H](C(=O)NCC2(N3CCSCC3)CCCCC2)O1. The maximum Gasteiger partial charge on any atom is 0.249 e. The highest BCUT2D eigenvalue weighted by Crippen LogP contribution is 2.35. The van der Waals surface area contributed by atoms with Gasteiger partial charge >= 0.3 is 0 Å². The Morgan fingerprint density at radius 3 is 2.61 bits per heavy atom. The number of hydrogen-bond donors (Lipinski definition) is 2. The zero-order valence-electron chi connectivity index (χ0n) is 14.1. The normalized spacial score (nSPS) is 31.9. The van der Waals surface area contributed by atoms with Gasteiger partial charge in [0.2, 0.25) is 5.91 Å². The lowest BCUT2D eigenvalue weighted by Gasteiger charge is -2.48. The predicted octanol–water partition coefficient (Wildman–Crippen LogP) is 1.36. The molecule has 0 aromatic rings. The quantitative estimate of drug-likeness (QED) is 0.790. The maximum absolute atomic E-state index is 12.5. The zero-order valence-corrected chi connectivity index (χ0v) is 14.9. The van der Waals surface area contributed by atoms with Crippen LogP contribution in [-0.4, -0.2) is 66.2 Å². The highest BCUT2D eigenvalue weighted by Gasteiger charge is 2.39. The molecule has 2 atom stereocenters. The molecule has 0 unspecified atom stereocenters. The van der Waals surface area contributed by atoms with Crippen molar-refractivity contribution in [3.05, 3.63) is 0 Å². The summed E-state index contributed by atoms with van der Waals surface area (Å²) in [5.41, 5.74) is 5.82. The second kappa shape index (κ2) is 8.19. The minimum Gasteiger partial charge on any atom is -0.364 e.